The molecule has 0 atom stereocenters. The summed E-state index contributed by atoms with van der Waals surface area (Å²) in [4.78, 5) is 39.7. The fourth-order valence-corrected chi connectivity index (χ4v) is 4.31. The first-order valence-electron chi connectivity index (χ1n) is 9.51. The first kappa shape index (κ1) is 16.7. The number of nitrogens with zero attached hydrogens (tertiary/aromatic N) is 1. The zero-order valence-corrected chi connectivity index (χ0v) is 15.6. The van der Waals surface area contributed by atoms with Crippen molar-refractivity contribution >= 4 is 33.4 Å². The predicted molar refractivity (Wildman–Crippen MR) is 113 cm³/mol. The lowest BCUT2D eigenvalue weighted by Crippen LogP contribution is -2.22. The number of carbonyl (C=O) groups is 2. The van der Waals surface area contributed by atoms with Gasteiger partial charge in [-0.3, -0.25) is 9.59 Å². The number of hydrogen-bond donors (Lipinski definition) is 0. The maximum atomic E-state index is 13.5. The largest absolute Gasteiger partial charge is 0.420 e. The van der Waals surface area contributed by atoms with Gasteiger partial charge < -0.3 is 8.98 Å². The quantitative estimate of drug-likeness (QED) is 0.413. The molecule has 30 heavy (non-hydrogen) atoms. The fraction of sp³-hybridized carbons (Fsp3) is 0. The van der Waals surface area contributed by atoms with Crippen LogP contribution >= 0.6 is 0 Å². The molecule has 0 bridgehead atoms. The third-order valence-electron chi connectivity index (χ3n) is 5.60. The second-order valence-electron chi connectivity index (χ2n) is 7.21. The van der Waals surface area contributed by atoms with Gasteiger partial charge in [-0.15, -0.1) is 0 Å². The van der Waals surface area contributed by atoms with E-state index in [0.717, 1.165) is 0 Å². The monoisotopic (exact) mass is 391 g/mol. The first-order valence-corrected chi connectivity index (χ1v) is 9.51. The molecular weight excluding hydrogens is 378 g/mol. The lowest BCUT2D eigenvalue weighted by atomic mass is 9.88. The molecule has 0 amide bonds. The molecule has 5 aromatic rings. The third kappa shape index (κ3) is 2.03. The smallest absolute Gasteiger partial charge is 0.344 e. The Labute approximate surface area is 169 Å². The predicted octanol–water partition coefficient (Wildman–Crippen LogP) is 4.51. The van der Waals surface area contributed by atoms with Gasteiger partial charge in [0, 0.05) is 22.2 Å². The summed E-state index contributed by atoms with van der Waals surface area (Å²) in [6.45, 7) is 0. The van der Waals surface area contributed by atoms with Crippen molar-refractivity contribution in [1.82, 2.24) is 4.57 Å². The molecule has 6 rings (SSSR count). The van der Waals surface area contributed by atoms with Gasteiger partial charge in [0.1, 0.15) is 5.69 Å². The summed E-state index contributed by atoms with van der Waals surface area (Å²) < 4.78 is 7.40. The van der Waals surface area contributed by atoms with E-state index in [9.17, 15) is 14.4 Å². The maximum Gasteiger partial charge on any atom is 0.344 e. The highest BCUT2D eigenvalue weighted by Crippen LogP contribution is 2.38. The van der Waals surface area contributed by atoms with Gasteiger partial charge in [-0.2, -0.15) is 0 Å². The van der Waals surface area contributed by atoms with Gasteiger partial charge in [0.25, 0.3) is 0 Å². The van der Waals surface area contributed by atoms with Crippen LogP contribution in [0, 0.1) is 0 Å². The van der Waals surface area contributed by atoms with Crippen LogP contribution in [0.25, 0.3) is 27.6 Å². The molecular formula is C25H13NO4. The number of ketones is 2. The molecule has 0 N–H and O–H groups in total. The van der Waals surface area contributed by atoms with Crippen LogP contribution in [0.3, 0.4) is 0 Å². The summed E-state index contributed by atoms with van der Waals surface area (Å²) in [5.74, 6) is -0.592. The zero-order chi connectivity index (χ0) is 20.4. The number of carbonyl (C=O) groups excluding carboxylic acids is 2. The number of fused-ring (bicyclic) bond motifs is 6. The second kappa shape index (κ2) is 5.87. The molecule has 0 saturated heterocycles. The Hall–Kier alpha value is -4.25. The SMILES string of the molecule is O=C1c2ccccc2C(=O)c2c1c1oc(=O)c3ccccc3c1n2-c1ccccc1. The minimum atomic E-state index is -0.537. The summed E-state index contributed by atoms with van der Waals surface area (Å²) in [7, 11) is 0. The lowest BCUT2D eigenvalue weighted by Gasteiger charge is -2.17. The highest BCUT2D eigenvalue weighted by molar-refractivity contribution is 6.33. The van der Waals surface area contributed by atoms with Gasteiger partial charge in [0.05, 0.1) is 16.5 Å². The number of para-hydroxylation sites is 1. The van der Waals surface area contributed by atoms with Crippen molar-refractivity contribution in [2.45, 2.75) is 0 Å². The maximum absolute atomic E-state index is 13.5. The second-order valence-corrected chi connectivity index (χ2v) is 7.21. The van der Waals surface area contributed by atoms with Crippen LogP contribution in [-0.4, -0.2) is 16.1 Å². The first-order chi connectivity index (χ1) is 14.7. The van der Waals surface area contributed by atoms with Crippen molar-refractivity contribution in [2.24, 2.45) is 0 Å². The van der Waals surface area contributed by atoms with Crippen LogP contribution in [0.4, 0.5) is 0 Å². The molecule has 0 aliphatic heterocycles. The van der Waals surface area contributed by atoms with Gasteiger partial charge in [0.15, 0.2) is 11.4 Å². The Balaban J connectivity index is 1.89. The zero-order valence-electron chi connectivity index (χ0n) is 15.6. The molecule has 0 spiro atoms. The summed E-state index contributed by atoms with van der Waals surface area (Å²) in [6, 6.07) is 23.1. The van der Waals surface area contributed by atoms with Gasteiger partial charge in [-0.1, -0.05) is 60.7 Å². The van der Waals surface area contributed by atoms with Crippen molar-refractivity contribution < 1.29 is 14.0 Å². The fourth-order valence-electron chi connectivity index (χ4n) is 4.31. The van der Waals surface area contributed by atoms with Gasteiger partial charge >= 0.3 is 5.63 Å². The Morgan fingerprint density at radius 3 is 1.97 bits per heavy atom. The van der Waals surface area contributed by atoms with E-state index in [1.165, 1.54) is 0 Å². The molecule has 142 valence electrons. The molecule has 2 aromatic heterocycles. The number of benzene rings is 3. The van der Waals surface area contributed by atoms with Gasteiger partial charge in [0.2, 0.25) is 5.78 Å². The highest BCUT2D eigenvalue weighted by atomic mass is 16.4. The average molecular weight is 391 g/mol. The Morgan fingerprint density at radius 2 is 1.23 bits per heavy atom. The molecule has 1 aliphatic rings. The van der Waals surface area contributed by atoms with E-state index in [2.05, 4.69) is 0 Å². The minimum Gasteiger partial charge on any atom is -0.420 e. The molecule has 0 unspecified atom stereocenters. The van der Waals surface area contributed by atoms with Crippen molar-refractivity contribution in [1.29, 1.82) is 0 Å². The van der Waals surface area contributed by atoms with Gasteiger partial charge in [-0.25, -0.2) is 4.79 Å². The van der Waals surface area contributed by atoms with Crippen LogP contribution in [-0.2, 0) is 0 Å². The van der Waals surface area contributed by atoms with Crippen molar-refractivity contribution in [2.75, 3.05) is 0 Å². The normalized spacial score (nSPS) is 12.9. The van der Waals surface area contributed by atoms with Crippen LogP contribution in [0.5, 0.6) is 0 Å². The summed E-state index contributed by atoms with van der Waals surface area (Å²) >= 11 is 0. The molecule has 5 nitrogen and oxygen atoms in total. The van der Waals surface area contributed by atoms with Crippen LogP contribution in [0.15, 0.2) is 88.1 Å². The number of aromatic nitrogens is 1. The number of rotatable bonds is 1. The minimum absolute atomic E-state index is 0.139. The third-order valence-corrected chi connectivity index (χ3v) is 5.60. The van der Waals surface area contributed by atoms with E-state index in [1.807, 2.05) is 42.5 Å². The summed E-state index contributed by atoms with van der Waals surface area (Å²) in [5, 5.41) is 1.03. The van der Waals surface area contributed by atoms with E-state index in [-0.39, 0.29) is 28.4 Å². The van der Waals surface area contributed by atoms with Crippen molar-refractivity contribution in [3.63, 3.8) is 0 Å². The molecule has 1 aliphatic carbocycles. The Morgan fingerprint density at radius 1 is 0.633 bits per heavy atom. The van der Waals surface area contributed by atoms with E-state index in [4.69, 9.17) is 4.42 Å². The Kier molecular flexibility index (Phi) is 3.27. The van der Waals surface area contributed by atoms with Crippen LogP contribution in [0.2, 0.25) is 0 Å². The standard InChI is InChI=1S/C25H13NO4/c27-22-16-11-5-6-12-17(16)23(28)21-19(22)24-20(26(21)14-8-2-1-3-9-14)15-10-4-7-13-18(15)25(29)30-24/h1-13H. The van der Waals surface area contributed by atoms with Crippen molar-refractivity contribution in [3.05, 3.63) is 112 Å². The summed E-state index contributed by atoms with van der Waals surface area (Å²) in [5.41, 5.74) is 1.88. The molecule has 2 heterocycles. The summed E-state index contributed by atoms with van der Waals surface area (Å²) in [6.07, 6.45) is 0. The Bertz CT molecular complexity index is 1590. The van der Waals surface area contributed by atoms with E-state index in [1.54, 1.807) is 41.0 Å². The highest BCUT2D eigenvalue weighted by Gasteiger charge is 2.38. The van der Waals surface area contributed by atoms with E-state index >= 15 is 0 Å². The molecule has 0 saturated carbocycles. The molecule has 0 radical (unpaired) electrons. The molecule has 5 heteroatoms. The van der Waals surface area contributed by atoms with Crippen LogP contribution in [0.1, 0.15) is 32.0 Å². The average Bonchev–Trinajstić information content (AvgIpc) is 3.14. The topological polar surface area (TPSA) is 69.3 Å². The lowest BCUT2D eigenvalue weighted by molar-refractivity contribution is 0.0975. The van der Waals surface area contributed by atoms with E-state index in [0.29, 0.717) is 33.1 Å². The van der Waals surface area contributed by atoms with Crippen molar-refractivity contribution in [3.8, 4) is 5.69 Å². The van der Waals surface area contributed by atoms with E-state index < -0.39 is 5.63 Å². The molecule has 0 fully saturated rings. The van der Waals surface area contributed by atoms with Gasteiger partial charge in [-0.05, 0) is 18.2 Å². The van der Waals surface area contributed by atoms with Crippen LogP contribution < -0.4 is 5.63 Å². The molecule has 3 aromatic carbocycles. The number of hydrogen-bond acceptors (Lipinski definition) is 4.